The van der Waals surface area contributed by atoms with Crippen molar-refractivity contribution in [1.82, 2.24) is 29.9 Å². The summed E-state index contributed by atoms with van der Waals surface area (Å²) in [6, 6.07) is 90.4. The van der Waals surface area contributed by atoms with E-state index in [4.69, 9.17) is 39.2 Å². The van der Waals surface area contributed by atoms with Crippen LogP contribution < -0.4 is 5.46 Å². The fourth-order valence-electron chi connectivity index (χ4n) is 9.24. The second-order valence-electron chi connectivity index (χ2n) is 21.0. The van der Waals surface area contributed by atoms with E-state index in [1.165, 1.54) is 14.7 Å². The van der Waals surface area contributed by atoms with E-state index >= 15 is 0 Å². The Bertz CT molecular complexity index is 4080. The first-order valence-corrected chi connectivity index (χ1v) is 30.2. The Morgan fingerprint density at radius 2 is 0.476 bits per heavy atom. The molecule has 2 aromatic heterocycles. The maximum absolute atomic E-state index is 6.23. The Hall–Kier alpha value is -8.11. The minimum absolute atomic E-state index is 0.389. The van der Waals surface area contributed by atoms with Crippen LogP contribution in [0.2, 0.25) is 0 Å². The summed E-state index contributed by atoms with van der Waals surface area (Å²) in [4.78, 5) is 29.2. The van der Waals surface area contributed by atoms with Crippen molar-refractivity contribution in [3.63, 3.8) is 0 Å². The lowest BCUT2D eigenvalue weighted by molar-refractivity contribution is 0.00578. The lowest BCUT2D eigenvalue weighted by atomic mass is 9.79. The Balaban J connectivity index is 0.000000155. The van der Waals surface area contributed by atoms with Gasteiger partial charge in [0.1, 0.15) is 0 Å². The zero-order valence-electron chi connectivity index (χ0n) is 46.6. The van der Waals surface area contributed by atoms with Gasteiger partial charge < -0.3 is 9.31 Å². The van der Waals surface area contributed by atoms with E-state index in [0.717, 1.165) is 70.0 Å². The zero-order chi connectivity index (χ0) is 58.0. The molecule has 12 aromatic rings. The molecule has 3 heterocycles. The van der Waals surface area contributed by atoms with Crippen LogP contribution in [0, 0.1) is 3.57 Å². The van der Waals surface area contributed by atoms with Crippen LogP contribution in [0.15, 0.2) is 276 Å². The van der Waals surface area contributed by atoms with Gasteiger partial charge in [0.25, 0.3) is 0 Å². The molecule has 10 aromatic carbocycles. The number of hydrogen-bond donors (Lipinski definition) is 0. The number of halogens is 3. The molecule has 0 amide bonds. The summed E-state index contributed by atoms with van der Waals surface area (Å²) in [5.74, 6) is 3.85. The molecule has 0 bridgehead atoms. The molecule has 0 saturated carbocycles. The van der Waals surface area contributed by atoms with Gasteiger partial charge in [-0.25, -0.2) is 29.9 Å². The Labute approximate surface area is 522 Å². The molecule has 0 spiro atoms. The third-order valence-corrected chi connectivity index (χ3v) is 16.4. The van der Waals surface area contributed by atoms with Gasteiger partial charge in [-0.2, -0.15) is 0 Å². The van der Waals surface area contributed by atoms with Gasteiger partial charge in [-0.1, -0.05) is 262 Å². The molecule has 13 rings (SSSR count). The molecule has 1 aliphatic rings. The highest BCUT2D eigenvalue weighted by Crippen LogP contribution is 2.37. The van der Waals surface area contributed by atoms with Crippen LogP contribution in [-0.4, -0.2) is 48.2 Å². The fourth-order valence-corrected chi connectivity index (χ4v) is 10.1. The van der Waals surface area contributed by atoms with E-state index in [-0.39, 0.29) is 11.2 Å². The molecule has 0 atom stereocenters. The maximum atomic E-state index is 6.23. The third-order valence-electron chi connectivity index (χ3n) is 14.7. The first kappa shape index (κ1) is 57.7. The van der Waals surface area contributed by atoms with Crippen molar-refractivity contribution in [3.05, 3.63) is 279 Å². The van der Waals surface area contributed by atoms with Crippen molar-refractivity contribution in [3.8, 4) is 102 Å². The van der Waals surface area contributed by atoms with Gasteiger partial charge in [-0.3, -0.25) is 0 Å². The molecule has 0 radical (unpaired) electrons. The summed E-state index contributed by atoms with van der Waals surface area (Å²) in [5, 5.41) is 0. The zero-order valence-corrected chi connectivity index (χ0v) is 51.9. The standard InChI is InChI=1S/C33H30BN3O2.C33H22BrN3.C6H4BrI/c1-32(2)33(3,4)39-34(38-32)28-21-19-27(20-22-28)31-36-29(25-13-9-6-10-14-25)35-30(37-31)26-17-15-24(16-18-26)23-11-7-5-8-12-23;34-30-21-19-26(20-22-30)25-13-17-29(18-14-25)33-36-31(27-9-5-2-6-10-27)35-32(37-33)28-15-11-24(12-16-28)23-7-3-1-4-8-23;7-5-1-3-6(8)4-2-5/h5-22H,1-4H3;1-22H;1-4H. The highest BCUT2D eigenvalue weighted by atomic mass is 127. The smallest absolute Gasteiger partial charge is 0.399 e. The van der Waals surface area contributed by atoms with E-state index in [1.807, 2.05) is 121 Å². The van der Waals surface area contributed by atoms with Crippen molar-refractivity contribution in [2.45, 2.75) is 38.9 Å². The van der Waals surface area contributed by atoms with Crippen LogP contribution in [0.25, 0.3) is 102 Å². The average molecular weight is 1330 g/mol. The van der Waals surface area contributed by atoms with E-state index in [2.05, 4.69) is 228 Å². The Morgan fingerprint density at radius 1 is 0.274 bits per heavy atom. The molecule has 0 N–H and O–H groups in total. The first-order chi connectivity index (χ1) is 40.8. The van der Waals surface area contributed by atoms with Crippen molar-refractivity contribution in [1.29, 1.82) is 0 Å². The van der Waals surface area contributed by atoms with E-state index in [0.29, 0.717) is 34.9 Å². The summed E-state index contributed by atoms with van der Waals surface area (Å²) in [6.07, 6.45) is 0. The SMILES string of the molecule is Brc1ccc(-c2ccc(-c3nc(-c4ccccc4)nc(-c4ccc(-c5ccccc5)cc4)n3)cc2)cc1.Brc1ccc(I)cc1.CC1(C)OB(c2ccc(-c3nc(-c4ccccc4)nc(-c4ccc(-c5ccccc5)cc4)n3)cc2)OC1(C)C. The summed E-state index contributed by atoms with van der Waals surface area (Å²) in [7, 11) is -0.416. The normalized spacial score (nSPS) is 13.0. The largest absolute Gasteiger partial charge is 0.494 e. The van der Waals surface area contributed by atoms with Crippen LogP contribution in [0.4, 0.5) is 0 Å². The quantitative estimate of drug-likeness (QED) is 0.0987. The fraction of sp³-hybridized carbons (Fsp3) is 0.0833. The van der Waals surface area contributed by atoms with Gasteiger partial charge in [0, 0.05) is 45.9 Å². The second kappa shape index (κ2) is 26.2. The van der Waals surface area contributed by atoms with Crippen LogP contribution >= 0.6 is 54.5 Å². The number of rotatable bonds is 10. The number of nitrogens with zero attached hydrogens (tertiary/aromatic N) is 6. The van der Waals surface area contributed by atoms with Gasteiger partial charge in [0.05, 0.1) is 11.2 Å². The summed E-state index contributed by atoms with van der Waals surface area (Å²) >= 11 is 9.12. The van der Waals surface area contributed by atoms with Crippen molar-refractivity contribution >= 4 is 67.0 Å². The van der Waals surface area contributed by atoms with Gasteiger partial charge in [-0.05, 0) is 126 Å². The number of benzene rings is 10. The lowest BCUT2D eigenvalue weighted by Gasteiger charge is -2.32. The molecule has 0 unspecified atom stereocenters. The Kier molecular flexibility index (Phi) is 18.0. The highest BCUT2D eigenvalue weighted by Gasteiger charge is 2.51. The van der Waals surface area contributed by atoms with Crippen molar-refractivity contribution < 1.29 is 9.31 Å². The van der Waals surface area contributed by atoms with E-state index < -0.39 is 7.12 Å². The highest BCUT2D eigenvalue weighted by molar-refractivity contribution is 14.1. The Morgan fingerprint density at radius 3 is 0.750 bits per heavy atom. The molecule has 8 nitrogen and oxygen atoms in total. The summed E-state index contributed by atoms with van der Waals surface area (Å²) < 4.78 is 15.9. The van der Waals surface area contributed by atoms with Gasteiger partial charge in [0.15, 0.2) is 34.9 Å². The topological polar surface area (TPSA) is 95.8 Å². The monoisotopic (exact) mass is 1330 g/mol. The average Bonchev–Trinajstić information content (AvgIpc) is 2.92. The van der Waals surface area contributed by atoms with Crippen LogP contribution in [0.1, 0.15) is 27.7 Å². The molecular formula is C72H56BBr2IN6O2. The second-order valence-corrected chi connectivity index (χ2v) is 24.0. The molecule has 1 saturated heterocycles. The maximum Gasteiger partial charge on any atom is 0.494 e. The van der Waals surface area contributed by atoms with Crippen molar-refractivity contribution in [2.75, 3.05) is 0 Å². The molecule has 0 aliphatic carbocycles. The molecule has 1 fully saturated rings. The van der Waals surface area contributed by atoms with Crippen LogP contribution in [-0.2, 0) is 9.31 Å². The minimum atomic E-state index is -0.416. The van der Waals surface area contributed by atoms with Gasteiger partial charge in [0.2, 0.25) is 0 Å². The predicted octanol–water partition coefficient (Wildman–Crippen LogP) is 18.9. The number of aromatic nitrogens is 6. The molecular weight excluding hydrogens is 1280 g/mol. The van der Waals surface area contributed by atoms with E-state index in [9.17, 15) is 0 Å². The third kappa shape index (κ3) is 14.1. The molecule has 12 heteroatoms. The lowest BCUT2D eigenvalue weighted by Crippen LogP contribution is -2.41. The summed E-state index contributed by atoms with van der Waals surface area (Å²) in [5.41, 5.74) is 12.8. The van der Waals surface area contributed by atoms with Crippen molar-refractivity contribution in [2.24, 2.45) is 0 Å². The molecule has 410 valence electrons. The minimum Gasteiger partial charge on any atom is -0.399 e. The van der Waals surface area contributed by atoms with Crippen LogP contribution in [0.3, 0.4) is 0 Å². The van der Waals surface area contributed by atoms with E-state index in [1.54, 1.807) is 0 Å². The van der Waals surface area contributed by atoms with Gasteiger partial charge >= 0.3 is 7.12 Å². The molecule has 84 heavy (non-hydrogen) atoms. The summed E-state index contributed by atoms with van der Waals surface area (Å²) in [6.45, 7) is 8.24. The number of hydrogen-bond acceptors (Lipinski definition) is 8. The predicted molar refractivity (Wildman–Crippen MR) is 359 cm³/mol. The first-order valence-electron chi connectivity index (χ1n) is 27.5. The molecule has 1 aliphatic heterocycles. The van der Waals surface area contributed by atoms with Gasteiger partial charge in [-0.15, -0.1) is 0 Å². The van der Waals surface area contributed by atoms with Crippen LogP contribution in [0.5, 0.6) is 0 Å².